The molecule has 31 heavy (non-hydrogen) atoms. The van der Waals surface area contributed by atoms with Crippen molar-refractivity contribution in [2.45, 2.75) is 12.0 Å². The summed E-state index contributed by atoms with van der Waals surface area (Å²) < 4.78 is 16.9. The van der Waals surface area contributed by atoms with Crippen LogP contribution in [0.4, 0.5) is 5.69 Å². The van der Waals surface area contributed by atoms with Gasteiger partial charge in [-0.25, -0.2) is 4.79 Å². The number of fused-ring (bicyclic) bond motifs is 3. The number of hydrogen-bond acceptors (Lipinski definition) is 5. The summed E-state index contributed by atoms with van der Waals surface area (Å²) in [5.41, 5.74) is 1.70. The maximum absolute atomic E-state index is 13.3. The van der Waals surface area contributed by atoms with Crippen LogP contribution >= 0.6 is 0 Å². The zero-order valence-electron chi connectivity index (χ0n) is 16.7. The van der Waals surface area contributed by atoms with Crippen molar-refractivity contribution in [1.29, 1.82) is 0 Å². The Morgan fingerprint density at radius 3 is 2.39 bits per heavy atom. The maximum atomic E-state index is 13.3. The Morgan fingerprint density at radius 2 is 1.65 bits per heavy atom. The summed E-state index contributed by atoms with van der Waals surface area (Å²) in [5.74, 6) is 0.151. The van der Waals surface area contributed by atoms with Gasteiger partial charge in [0.1, 0.15) is 17.1 Å². The smallest absolute Gasteiger partial charge is 0.344 e. The van der Waals surface area contributed by atoms with E-state index < -0.39 is 17.6 Å². The van der Waals surface area contributed by atoms with Crippen molar-refractivity contribution < 1.29 is 18.7 Å². The Bertz CT molecular complexity index is 1310. The molecule has 2 heterocycles. The number of rotatable bonds is 4. The van der Waals surface area contributed by atoms with E-state index in [0.717, 1.165) is 5.56 Å². The molecule has 154 valence electrons. The molecule has 5 rings (SSSR count). The van der Waals surface area contributed by atoms with Crippen LogP contribution in [0.3, 0.4) is 0 Å². The third kappa shape index (κ3) is 3.32. The molecule has 0 saturated carbocycles. The Kier molecular flexibility index (Phi) is 4.67. The van der Waals surface area contributed by atoms with Gasteiger partial charge in [-0.2, -0.15) is 0 Å². The minimum Gasteiger partial charge on any atom is -0.497 e. The molecule has 6 heteroatoms. The van der Waals surface area contributed by atoms with Crippen LogP contribution < -0.4 is 20.4 Å². The highest BCUT2D eigenvalue weighted by molar-refractivity contribution is 5.97. The van der Waals surface area contributed by atoms with Crippen LogP contribution in [-0.2, 0) is 4.79 Å². The molecule has 6 nitrogen and oxygen atoms in total. The maximum Gasteiger partial charge on any atom is 0.344 e. The second kappa shape index (κ2) is 7.65. The lowest BCUT2D eigenvalue weighted by atomic mass is 9.88. The van der Waals surface area contributed by atoms with Gasteiger partial charge in [0.25, 0.3) is 5.91 Å². The summed E-state index contributed by atoms with van der Waals surface area (Å²) in [7, 11) is 1.58. The van der Waals surface area contributed by atoms with Crippen LogP contribution in [0.2, 0.25) is 0 Å². The topological polar surface area (TPSA) is 77.8 Å². The lowest BCUT2D eigenvalue weighted by molar-refractivity contribution is -0.122. The van der Waals surface area contributed by atoms with E-state index in [1.54, 1.807) is 43.5 Å². The van der Waals surface area contributed by atoms with Crippen LogP contribution in [-0.4, -0.2) is 19.1 Å². The van der Waals surface area contributed by atoms with E-state index in [-0.39, 0.29) is 5.91 Å². The summed E-state index contributed by atoms with van der Waals surface area (Å²) in [4.78, 5) is 26.2. The fraction of sp³-hybridized carbons (Fsp3) is 0.120. The fourth-order valence-corrected chi connectivity index (χ4v) is 3.97. The van der Waals surface area contributed by atoms with Gasteiger partial charge in [-0.1, -0.05) is 42.5 Å². The van der Waals surface area contributed by atoms with Crippen molar-refractivity contribution in [3.63, 3.8) is 0 Å². The first kappa shape index (κ1) is 18.9. The predicted molar refractivity (Wildman–Crippen MR) is 117 cm³/mol. The van der Waals surface area contributed by atoms with Crippen molar-refractivity contribution >= 4 is 22.6 Å². The molecule has 1 aromatic heterocycles. The quantitative estimate of drug-likeness (QED) is 0.504. The number of methoxy groups -OCH3 is 1. The van der Waals surface area contributed by atoms with Crippen molar-refractivity contribution in [3.05, 3.63) is 100 Å². The number of para-hydroxylation sites is 1. The third-order valence-electron chi connectivity index (χ3n) is 5.43. The first-order valence-electron chi connectivity index (χ1n) is 9.88. The van der Waals surface area contributed by atoms with Crippen LogP contribution in [0.25, 0.3) is 11.0 Å². The number of carbonyl (C=O) groups excluding carboxylic acids is 1. The monoisotopic (exact) mass is 413 g/mol. The number of anilines is 1. The van der Waals surface area contributed by atoms with Gasteiger partial charge in [0.05, 0.1) is 24.0 Å². The van der Waals surface area contributed by atoms with E-state index >= 15 is 0 Å². The number of carbonyl (C=O) groups is 1. The van der Waals surface area contributed by atoms with Gasteiger partial charge >= 0.3 is 5.63 Å². The molecule has 0 saturated heterocycles. The molecule has 1 amide bonds. The van der Waals surface area contributed by atoms with Crippen LogP contribution in [0.1, 0.15) is 17.0 Å². The van der Waals surface area contributed by atoms with E-state index in [0.29, 0.717) is 33.7 Å². The highest BCUT2D eigenvalue weighted by atomic mass is 16.5. The average molecular weight is 413 g/mol. The molecule has 3 aromatic carbocycles. The first-order valence-corrected chi connectivity index (χ1v) is 9.88. The van der Waals surface area contributed by atoms with Gasteiger partial charge in [-0.05, 0) is 42.0 Å². The van der Waals surface area contributed by atoms with E-state index in [9.17, 15) is 9.59 Å². The molecule has 0 radical (unpaired) electrons. The lowest BCUT2D eigenvalue weighted by Crippen LogP contribution is -2.35. The summed E-state index contributed by atoms with van der Waals surface area (Å²) in [6.07, 6.45) is -0.923. The third-order valence-corrected chi connectivity index (χ3v) is 5.43. The van der Waals surface area contributed by atoms with Gasteiger partial charge in [0.15, 0.2) is 6.10 Å². The fourth-order valence-electron chi connectivity index (χ4n) is 3.97. The number of hydrogen-bond donors (Lipinski definition) is 1. The summed E-state index contributed by atoms with van der Waals surface area (Å²) in [6, 6.07) is 23.6. The normalized spacial score (nSPS) is 17.1. The molecule has 0 fully saturated rings. The molecule has 4 aromatic rings. The van der Waals surface area contributed by atoms with Gasteiger partial charge in [0.2, 0.25) is 0 Å². The molecule has 1 N–H and O–H groups in total. The van der Waals surface area contributed by atoms with E-state index in [4.69, 9.17) is 13.9 Å². The standard InChI is InChI=1S/C25H19NO5/c1-29-17-13-11-16(12-14-17)26-24(27)23-20(15-7-3-2-4-8-15)21-22(31-23)18-9-5-6-10-19(18)30-25(21)28/h2-14,20,23H,1H3,(H,26,27)/t20-,23-/m1/s1. The Morgan fingerprint density at radius 1 is 0.935 bits per heavy atom. The van der Waals surface area contributed by atoms with Crippen LogP contribution in [0.15, 0.2) is 88.1 Å². The molecular formula is C25H19NO5. The molecule has 1 aliphatic heterocycles. The first-order chi connectivity index (χ1) is 15.2. The SMILES string of the molecule is COc1ccc(NC(=O)[C@@H]2Oc3c(c(=O)oc4ccccc34)[C@H]2c2ccccc2)cc1. The van der Waals surface area contributed by atoms with E-state index in [1.165, 1.54) is 0 Å². The predicted octanol–water partition coefficient (Wildman–Crippen LogP) is 4.33. The summed E-state index contributed by atoms with van der Waals surface area (Å²) in [6.45, 7) is 0. The Labute approximate surface area is 178 Å². The Hall–Kier alpha value is -4.06. The van der Waals surface area contributed by atoms with Gasteiger partial charge in [-0.3, -0.25) is 4.79 Å². The second-order valence-corrected chi connectivity index (χ2v) is 7.27. The Balaban J connectivity index is 1.59. The minimum absolute atomic E-state index is 0.348. The van der Waals surface area contributed by atoms with Crippen molar-refractivity contribution in [2.75, 3.05) is 12.4 Å². The van der Waals surface area contributed by atoms with Crippen LogP contribution in [0.5, 0.6) is 11.5 Å². The number of ether oxygens (including phenoxy) is 2. The average Bonchev–Trinajstić information content (AvgIpc) is 3.22. The van der Waals surface area contributed by atoms with E-state index in [1.807, 2.05) is 42.5 Å². The largest absolute Gasteiger partial charge is 0.497 e. The number of benzene rings is 3. The lowest BCUT2D eigenvalue weighted by Gasteiger charge is -2.18. The molecule has 1 aliphatic rings. The zero-order chi connectivity index (χ0) is 21.4. The number of nitrogens with one attached hydrogen (secondary N) is 1. The molecular weight excluding hydrogens is 394 g/mol. The molecule has 0 spiro atoms. The van der Waals surface area contributed by atoms with E-state index in [2.05, 4.69) is 5.32 Å². The molecule has 2 atom stereocenters. The highest BCUT2D eigenvalue weighted by Crippen LogP contribution is 2.44. The van der Waals surface area contributed by atoms with Gasteiger partial charge in [-0.15, -0.1) is 0 Å². The second-order valence-electron chi connectivity index (χ2n) is 7.27. The zero-order valence-corrected chi connectivity index (χ0v) is 16.7. The van der Waals surface area contributed by atoms with Crippen molar-refractivity contribution in [2.24, 2.45) is 0 Å². The molecule has 0 unspecified atom stereocenters. The number of amides is 1. The molecule has 0 bridgehead atoms. The summed E-state index contributed by atoms with van der Waals surface area (Å²) in [5, 5.41) is 3.55. The molecule has 0 aliphatic carbocycles. The van der Waals surface area contributed by atoms with Crippen molar-refractivity contribution in [1.82, 2.24) is 0 Å². The van der Waals surface area contributed by atoms with Crippen molar-refractivity contribution in [3.8, 4) is 11.5 Å². The van der Waals surface area contributed by atoms with Crippen LogP contribution in [0, 0.1) is 0 Å². The van der Waals surface area contributed by atoms with Gasteiger partial charge < -0.3 is 19.2 Å². The minimum atomic E-state index is -0.923. The highest BCUT2D eigenvalue weighted by Gasteiger charge is 2.44. The van der Waals surface area contributed by atoms with Gasteiger partial charge in [0, 0.05) is 5.69 Å². The summed E-state index contributed by atoms with van der Waals surface area (Å²) >= 11 is 0.